The molecule has 0 saturated carbocycles. The van der Waals surface area contributed by atoms with Crippen molar-refractivity contribution in [3.8, 4) is 22.6 Å². The number of amides is 1. The maximum atomic E-state index is 12.6. The quantitative estimate of drug-likeness (QED) is 0.364. The number of nitrogens with zero attached hydrogens (tertiary/aromatic N) is 8. The van der Waals surface area contributed by atoms with Gasteiger partial charge in [0.2, 0.25) is 0 Å². The van der Waals surface area contributed by atoms with Gasteiger partial charge in [-0.05, 0) is 60.0 Å². The molecule has 0 saturated heterocycles. The van der Waals surface area contributed by atoms with Crippen LogP contribution in [0.5, 0.6) is 0 Å². The van der Waals surface area contributed by atoms with Gasteiger partial charge in [0.15, 0.2) is 11.5 Å². The van der Waals surface area contributed by atoms with Crippen LogP contribution in [0.4, 0.5) is 0 Å². The summed E-state index contributed by atoms with van der Waals surface area (Å²) in [6, 6.07) is 12.5. The van der Waals surface area contributed by atoms with Crippen LogP contribution in [-0.4, -0.2) is 64.6 Å². The number of carbonyl (C=O) groups is 1. The fourth-order valence-electron chi connectivity index (χ4n) is 4.86. The van der Waals surface area contributed by atoms with Crippen LogP contribution in [0.15, 0.2) is 36.4 Å². The summed E-state index contributed by atoms with van der Waals surface area (Å²) in [5, 5.41) is 14.6. The van der Waals surface area contributed by atoms with Gasteiger partial charge in [-0.1, -0.05) is 31.2 Å². The van der Waals surface area contributed by atoms with E-state index in [1.165, 1.54) is 0 Å². The molecule has 0 aliphatic rings. The first-order valence-corrected chi connectivity index (χ1v) is 12.4. The van der Waals surface area contributed by atoms with Gasteiger partial charge >= 0.3 is 0 Å². The summed E-state index contributed by atoms with van der Waals surface area (Å²) >= 11 is 0. The van der Waals surface area contributed by atoms with E-state index in [0.29, 0.717) is 18.1 Å². The molecule has 0 bridgehead atoms. The van der Waals surface area contributed by atoms with Crippen molar-refractivity contribution in [2.45, 2.75) is 47.2 Å². The largest absolute Gasteiger partial charge is 0.345 e. The molecule has 0 unspecified atom stereocenters. The third-order valence-corrected chi connectivity index (χ3v) is 6.70. The molecule has 0 spiro atoms. The predicted molar refractivity (Wildman–Crippen MR) is 142 cm³/mol. The van der Waals surface area contributed by atoms with Crippen molar-refractivity contribution in [2.24, 2.45) is 0 Å². The van der Waals surface area contributed by atoms with E-state index in [-0.39, 0.29) is 5.91 Å². The average molecular weight is 498 g/mol. The Labute approximate surface area is 215 Å². The lowest BCUT2D eigenvalue weighted by Crippen LogP contribution is -2.23. The zero-order valence-electron chi connectivity index (χ0n) is 22.1. The standard InChI is InChI=1S/C27H31N9O/c1-7-22-29-23-16(3)13-21(27(37)34(5)6)28-26(23)36(22)15-18-9-11-19(12-10-18)24-20(25-30-32-33-31-25)14-17(4)35(24)8-2/h9-14H,7-8,15H2,1-6H3,(H,30,31,32,33). The molecule has 37 heavy (non-hydrogen) atoms. The van der Waals surface area contributed by atoms with E-state index in [0.717, 1.165) is 63.6 Å². The highest BCUT2D eigenvalue weighted by Crippen LogP contribution is 2.33. The van der Waals surface area contributed by atoms with Gasteiger partial charge in [0.1, 0.15) is 17.0 Å². The van der Waals surface area contributed by atoms with Gasteiger partial charge < -0.3 is 14.0 Å². The maximum Gasteiger partial charge on any atom is 0.272 e. The molecular formula is C27H31N9O. The Hall–Kier alpha value is -4.34. The van der Waals surface area contributed by atoms with E-state index in [2.05, 4.69) is 80.9 Å². The Bertz CT molecular complexity index is 1570. The Morgan fingerprint density at radius 1 is 1.03 bits per heavy atom. The van der Waals surface area contributed by atoms with E-state index in [1.54, 1.807) is 19.0 Å². The van der Waals surface area contributed by atoms with Crippen LogP contribution >= 0.6 is 0 Å². The smallest absolute Gasteiger partial charge is 0.272 e. The molecule has 0 radical (unpaired) electrons. The topological polar surface area (TPSA) is 110 Å². The molecule has 190 valence electrons. The van der Waals surface area contributed by atoms with E-state index in [1.807, 2.05) is 13.0 Å². The number of pyridine rings is 1. The molecular weight excluding hydrogens is 466 g/mol. The fraction of sp³-hybridized carbons (Fsp3) is 0.333. The molecule has 1 amide bonds. The minimum Gasteiger partial charge on any atom is -0.345 e. The third kappa shape index (κ3) is 4.28. The monoisotopic (exact) mass is 497 g/mol. The van der Waals surface area contributed by atoms with Crippen LogP contribution in [0, 0.1) is 13.8 Å². The first-order chi connectivity index (χ1) is 17.8. The molecule has 1 N–H and O–H groups in total. The second-order valence-corrected chi connectivity index (χ2v) is 9.40. The first kappa shape index (κ1) is 24.4. The second-order valence-electron chi connectivity index (χ2n) is 9.40. The normalized spacial score (nSPS) is 11.4. The van der Waals surface area contributed by atoms with Crippen molar-refractivity contribution in [3.63, 3.8) is 0 Å². The molecule has 1 aromatic carbocycles. The summed E-state index contributed by atoms with van der Waals surface area (Å²) in [4.78, 5) is 23.8. The van der Waals surface area contributed by atoms with Crippen LogP contribution in [-0.2, 0) is 19.5 Å². The average Bonchev–Trinajstić information content (AvgIpc) is 3.62. The minimum atomic E-state index is -0.118. The lowest BCUT2D eigenvalue weighted by Gasteiger charge is -2.13. The van der Waals surface area contributed by atoms with Crippen molar-refractivity contribution in [3.05, 3.63) is 64.7 Å². The number of fused-ring (bicyclic) bond motifs is 1. The molecule has 4 heterocycles. The van der Waals surface area contributed by atoms with E-state index >= 15 is 0 Å². The van der Waals surface area contributed by atoms with Crippen molar-refractivity contribution < 1.29 is 4.79 Å². The van der Waals surface area contributed by atoms with E-state index < -0.39 is 0 Å². The first-order valence-electron chi connectivity index (χ1n) is 12.4. The Morgan fingerprint density at radius 3 is 2.41 bits per heavy atom. The lowest BCUT2D eigenvalue weighted by molar-refractivity contribution is 0.0822. The minimum absolute atomic E-state index is 0.118. The lowest BCUT2D eigenvalue weighted by atomic mass is 10.0. The van der Waals surface area contributed by atoms with Crippen molar-refractivity contribution in [1.29, 1.82) is 0 Å². The Kier molecular flexibility index (Phi) is 6.32. The number of aryl methyl sites for hydroxylation is 3. The van der Waals surface area contributed by atoms with Gasteiger partial charge in [-0.25, -0.2) is 15.1 Å². The molecule has 10 nitrogen and oxygen atoms in total. The van der Waals surface area contributed by atoms with Crippen LogP contribution < -0.4 is 0 Å². The summed E-state index contributed by atoms with van der Waals surface area (Å²) in [6.45, 7) is 9.74. The second kappa shape index (κ2) is 9.61. The summed E-state index contributed by atoms with van der Waals surface area (Å²) < 4.78 is 4.38. The number of aromatic nitrogens is 8. The molecule has 0 aliphatic heterocycles. The molecule has 5 aromatic rings. The van der Waals surface area contributed by atoms with E-state index in [4.69, 9.17) is 9.97 Å². The zero-order valence-corrected chi connectivity index (χ0v) is 22.1. The van der Waals surface area contributed by atoms with Crippen LogP contribution in [0.1, 0.15) is 47.0 Å². The Balaban J connectivity index is 1.54. The van der Waals surface area contributed by atoms with Gasteiger partial charge in [0, 0.05) is 38.3 Å². The number of imidazole rings is 1. The highest BCUT2D eigenvalue weighted by Gasteiger charge is 2.20. The molecule has 0 fully saturated rings. The van der Waals surface area contributed by atoms with Crippen molar-refractivity contribution >= 4 is 17.1 Å². The molecule has 4 aromatic heterocycles. The predicted octanol–water partition coefficient (Wildman–Crippen LogP) is 4.03. The van der Waals surface area contributed by atoms with E-state index in [9.17, 15) is 4.79 Å². The third-order valence-electron chi connectivity index (χ3n) is 6.70. The SMILES string of the molecule is CCc1nc2c(C)cc(C(=O)N(C)C)nc2n1Cc1ccc(-c2c(-c3nnn[nH]3)cc(C)n2CC)cc1. The molecule has 5 rings (SSSR count). The fourth-order valence-corrected chi connectivity index (χ4v) is 4.86. The van der Waals surface area contributed by atoms with Gasteiger partial charge in [0.05, 0.1) is 12.2 Å². The molecule has 0 atom stereocenters. The summed E-state index contributed by atoms with van der Waals surface area (Å²) in [5.41, 5.74) is 8.37. The van der Waals surface area contributed by atoms with Crippen LogP contribution in [0.25, 0.3) is 33.8 Å². The highest BCUT2D eigenvalue weighted by molar-refractivity contribution is 5.94. The van der Waals surface area contributed by atoms with Gasteiger partial charge in [0.25, 0.3) is 5.91 Å². The van der Waals surface area contributed by atoms with Crippen LogP contribution in [0.2, 0.25) is 0 Å². The van der Waals surface area contributed by atoms with Crippen molar-refractivity contribution in [2.75, 3.05) is 14.1 Å². The number of nitrogens with one attached hydrogen (secondary N) is 1. The Morgan fingerprint density at radius 2 is 1.78 bits per heavy atom. The number of tetrazole rings is 1. The molecule has 10 heteroatoms. The zero-order chi connectivity index (χ0) is 26.3. The number of hydrogen-bond donors (Lipinski definition) is 1. The summed E-state index contributed by atoms with van der Waals surface area (Å²) in [5.74, 6) is 1.48. The van der Waals surface area contributed by atoms with Crippen molar-refractivity contribution in [1.82, 2.24) is 44.6 Å². The maximum absolute atomic E-state index is 12.6. The summed E-state index contributed by atoms with van der Waals surface area (Å²) in [6.07, 6.45) is 0.767. The van der Waals surface area contributed by atoms with Gasteiger partial charge in [-0.3, -0.25) is 4.79 Å². The number of rotatable bonds is 7. The van der Waals surface area contributed by atoms with Gasteiger partial charge in [-0.2, -0.15) is 0 Å². The van der Waals surface area contributed by atoms with Gasteiger partial charge in [-0.15, -0.1) is 5.10 Å². The number of hydrogen-bond acceptors (Lipinski definition) is 6. The number of carbonyl (C=O) groups excluding carboxylic acids is 1. The number of aromatic amines is 1. The number of H-pyrrole nitrogens is 1. The molecule has 0 aliphatic carbocycles. The highest BCUT2D eigenvalue weighted by atomic mass is 16.2. The summed E-state index contributed by atoms with van der Waals surface area (Å²) in [7, 11) is 3.47. The number of benzene rings is 1. The van der Waals surface area contributed by atoms with Crippen LogP contribution in [0.3, 0.4) is 0 Å².